The fourth-order valence-electron chi connectivity index (χ4n) is 2.14. The number of aromatic nitrogens is 2. The molecule has 1 unspecified atom stereocenters. The molecule has 1 heterocycles. The first-order valence-electron chi connectivity index (χ1n) is 5.90. The number of hydrazine groups is 1. The Morgan fingerprint density at radius 2 is 2.22 bits per heavy atom. The highest BCUT2D eigenvalue weighted by molar-refractivity contribution is 9.10. The van der Waals surface area contributed by atoms with Crippen molar-refractivity contribution in [1.29, 1.82) is 0 Å². The second-order valence-electron chi connectivity index (χ2n) is 4.23. The number of hydrogen-bond donors (Lipinski definition) is 2. The van der Waals surface area contributed by atoms with E-state index in [0.29, 0.717) is 0 Å². The summed E-state index contributed by atoms with van der Waals surface area (Å²) in [4.78, 5) is 0. The van der Waals surface area contributed by atoms with E-state index in [4.69, 9.17) is 5.84 Å². The van der Waals surface area contributed by atoms with Crippen molar-refractivity contribution >= 4 is 15.9 Å². The standard InChI is InChI=1S/C13H17BrN4/c1-3-18-12(4-5-16-18)13(17-15)10-6-9(2)7-11(14)8-10/h4-8,13,17H,3,15H2,1-2H3. The van der Waals surface area contributed by atoms with Crippen LogP contribution in [0.3, 0.4) is 0 Å². The normalized spacial score (nSPS) is 12.7. The third-order valence-corrected chi connectivity index (χ3v) is 3.37. The van der Waals surface area contributed by atoms with Gasteiger partial charge in [0.2, 0.25) is 0 Å². The van der Waals surface area contributed by atoms with Crippen LogP contribution in [0.5, 0.6) is 0 Å². The van der Waals surface area contributed by atoms with Crippen molar-refractivity contribution in [2.75, 3.05) is 0 Å². The summed E-state index contributed by atoms with van der Waals surface area (Å²) in [5.74, 6) is 5.71. The first-order chi connectivity index (χ1) is 8.65. The average molecular weight is 309 g/mol. The number of hydrogen-bond acceptors (Lipinski definition) is 3. The van der Waals surface area contributed by atoms with Crippen molar-refractivity contribution in [3.63, 3.8) is 0 Å². The molecule has 0 aliphatic heterocycles. The Bertz CT molecular complexity index is 515. The lowest BCUT2D eigenvalue weighted by Gasteiger charge is -2.18. The molecule has 96 valence electrons. The van der Waals surface area contributed by atoms with Crippen LogP contribution < -0.4 is 11.3 Å². The van der Waals surface area contributed by atoms with E-state index in [1.165, 1.54) is 5.56 Å². The van der Waals surface area contributed by atoms with Gasteiger partial charge in [0.25, 0.3) is 0 Å². The molecule has 0 amide bonds. The summed E-state index contributed by atoms with van der Waals surface area (Å²) < 4.78 is 3.00. The molecular weight excluding hydrogens is 292 g/mol. The van der Waals surface area contributed by atoms with Crippen LogP contribution in [-0.2, 0) is 6.54 Å². The molecule has 0 saturated heterocycles. The largest absolute Gasteiger partial charge is 0.271 e. The monoisotopic (exact) mass is 308 g/mol. The van der Waals surface area contributed by atoms with Crippen molar-refractivity contribution in [3.8, 4) is 0 Å². The molecule has 18 heavy (non-hydrogen) atoms. The third kappa shape index (κ3) is 2.63. The summed E-state index contributed by atoms with van der Waals surface area (Å²) >= 11 is 3.52. The van der Waals surface area contributed by atoms with Crippen molar-refractivity contribution in [1.82, 2.24) is 15.2 Å². The summed E-state index contributed by atoms with van der Waals surface area (Å²) in [5, 5.41) is 4.28. The maximum Gasteiger partial charge on any atom is 0.0878 e. The van der Waals surface area contributed by atoms with Gasteiger partial charge in [-0.1, -0.05) is 22.0 Å². The van der Waals surface area contributed by atoms with Crippen LogP contribution in [0.25, 0.3) is 0 Å². The minimum Gasteiger partial charge on any atom is -0.271 e. The lowest BCUT2D eigenvalue weighted by molar-refractivity contribution is 0.543. The van der Waals surface area contributed by atoms with Crippen LogP contribution in [0.2, 0.25) is 0 Å². The molecule has 3 N–H and O–H groups in total. The molecule has 0 aliphatic rings. The van der Waals surface area contributed by atoms with Gasteiger partial charge >= 0.3 is 0 Å². The molecule has 0 saturated carbocycles. The Kier molecular flexibility index (Phi) is 4.16. The van der Waals surface area contributed by atoms with E-state index < -0.39 is 0 Å². The van der Waals surface area contributed by atoms with Crippen molar-refractivity contribution in [2.45, 2.75) is 26.4 Å². The highest BCUT2D eigenvalue weighted by Crippen LogP contribution is 2.25. The second kappa shape index (κ2) is 5.65. The van der Waals surface area contributed by atoms with E-state index in [9.17, 15) is 0 Å². The first-order valence-corrected chi connectivity index (χ1v) is 6.70. The predicted octanol–water partition coefficient (Wildman–Crippen LogP) is 2.53. The number of nitrogens with one attached hydrogen (secondary N) is 1. The molecule has 1 atom stereocenters. The fourth-order valence-corrected chi connectivity index (χ4v) is 2.76. The van der Waals surface area contributed by atoms with Gasteiger partial charge in [0.05, 0.1) is 11.7 Å². The van der Waals surface area contributed by atoms with Crippen LogP contribution in [0, 0.1) is 6.92 Å². The molecule has 0 aliphatic carbocycles. The lowest BCUT2D eigenvalue weighted by Crippen LogP contribution is -2.30. The third-order valence-electron chi connectivity index (χ3n) is 2.91. The second-order valence-corrected chi connectivity index (χ2v) is 5.15. The SMILES string of the molecule is CCn1nccc1C(NN)c1cc(C)cc(Br)c1. The van der Waals surface area contributed by atoms with Crippen molar-refractivity contribution in [2.24, 2.45) is 5.84 Å². The Morgan fingerprint density at radius 1 is 1.44 bits per heavy atom. The van der Waals surface area contributed by atoms with Crippen LogP contribution >= 0.6 is 15.9 Å². The molecule has 4 nitrogen and oxygen atoms in total. The minimum absolute atomic E-state index is 0.0522. The van der Waals surface area contributed by atoms with E-state index in [2.05, 4.69) is 58.5 Å². The maximum atomic E-state index is 5.71. The van der Waals surface area contributed by atoms with E-state index in [1.54, 1.807) is 6.20 Å². The number of nitrogens with two attached hydrogens (primary N) is 1. The average Bonchev–Trinajstić information content (AvgIpc) is 2.77. The number of aryl methyl sites for hydroxylation is 2. The zero-order valence-corrected chi connectivity index (χ0v) is 12.1. The van der Waals surface area contributed by atoms with E-state index in [-0.39, 0.29) is 6.04 Å². The predicted molar refractivity (Wildman–Crippen MR) is 75.9 cm³/mol. The van der Waals surface area contributed by atoms with Gasteiger partial charge in [0, 0.05) is 17.2 Å². The van der Waals surface area contributed by atoms with Crippen LogP contribution in [0.4, 0.5) is 0 Å². The smallest absolute Gasteiger partial charge is 0.0878 e. The molecule has 0 spiro atoms. The number of nitrogens with zero attached hydrogens (tertiary/aromatic N) is 2. The van der Waals surface area contributed by atoms with Crippen LogP contribution in [-0.4, -0.2) is 9.78 Å². The van der Waals surface area contributed by atoms with Gasteiger partial charge in [0.1, 0.15) is 0 Å². The van der Waals surface area contributed by atoms with Crippen molar-refractivity contribution in [3.05, 3.63) is 51.8 Å². The highest BCUT2D eigenvalue weighted by atomic mass is 79.9. The molecule has 1 aromatic heterocycles. The van der Waals surface area contributed by atoms with Gasteiger partial charge in [-0.2, -0.15) is 5.10 Å². The minimum atomic E-state index is -0.0522. The number of halogens is 1. The Morgan fingerprint density at radius 3 is 2.83 bits per heavy atom. The van der Waals surface area contributed by atoms with Crippen LogP contribution in [0.1, 0.15) is 29.8 Å². The zero-order chi connectivity index (χ0) is 13.1. The van der Waals surface area contributed by atoms with E-state index in [1.807, 2.05) is 10.7 Å². The van der Waals surface area contributed by atoms with E-state index in [0.717, 1.165) is 22.3 Å². The molecular formula is C13H17BrN4. The quantitative estimate of drug-likeness (QED) is 0.674. The zero-order valence-electron chi connectivity index (χ0n) is 10.5. The van der Waals surface area contributed by atoms with Gasteiger partial charge in [0.15, 0.2) is 0 Å². The van der Waals surface area contributed by atoms with Crippen LogP contribution in [0.15, 0.2) is 34.9 Å². The lowest BCUT2D eigenvalue weighted by atomic mass is 10.0. The molecule has 1 aromatic carbocycles. The molecule has 0 fully saturated rings. The molecule has 2 rings (SSSR count). The van der Waals surface area contributed by atoms with Gasteiger partial charge in [-0.3, -0.25) is 10.5 Å². The maximum absolute atomic E-state index is 5.71. The molecule has 0 radical (unpaired) electrons. The highest BCUT2D eigenvalue weighted by Gasteiger charge is 2.17. The number of rotatable bonds is 4. The summed E-state index contributed by atoms with van der Waals surface area (Å²) in [6.07, 6.45) is 1.80. The summed E-state index contributed by atoms with van der Waals surface area (Å²) in [7, 11) is 0. The summed E-state index contributed by atoms with van der Waals surface area (Å²) in [6.45, 7) is 4.96. The molecule has 0 bridgehead atoms. The topological polar surface area (TPSA) is 55.9 Å². The first kappa shape index (κ1) is 13.3. The van der Waals surface area contributed by atoms with Gasteiger partial charge < -0.3 is 0 Å². The Labute approximate surface area is 115 Å². The Balaban J connectivity index is 2.45. The van der Waals surface area contributed by atoms with E-state index >= 15 is 0 Å². The van der Waals surface area contributed by atoms with Gasteiger partial charge in [-0.15, -0.1) is 0 Å². The fraction of sp³-hybridized carbons (Fsp3) is 0.308. The summed E-state index contributed by atoms with van der Waals surface area (Å²) in [6, 6.07) is 8.22. The van der Waals surface area contributed by atoms with Gasteiger partial charge in [-0.05, 0) is 43.2 Å². The summed E-state index contributed by atoms with van der Waals surface area (Å²) in [5.41, 5.74) is 6.26. The Hall–Kier alpha value is -1.17. The molecule has 2 aromatic rings. The van der Waals surface area contributed by atoms with Gasteiger partial charge in [-0.25, -0.2) is 5.43 Å². The van der Waals surface area contributed by atoms with Crippen molar-refractivity contribution < 1.29 is 0 Å². The molecule has 5 heteroatoms. The number of benzene rings is 1.